The highest BCUT2D eigenvalue weighted by Crippen LogP contribution is 2.51. The molecule has 23 heavy (non-hydrogen) atoms. The van der Waals surface area contributed by atoms with E-state index in [0.29, 0.717) is 28.7 Å². The Morgan fingerprint density at radius 3 is 2.35 bits per heavy atom. The van der Waals surface area contributed by atoms with E-state index in [1.54, 1.807) is 54.6 Å². The Kier molecular flexibility index (Phi) is 6.02. The van der Waals surface area contributed by atoms with Gasteiger partial charge < -0.3 is 15.9 Å². The van der Waals surface area contributed by atoms with Crippen molar-refractivity contribution < 1.29 is 14.3 Å². The maximum atomic E-state index is 12.6. The maximum Gasteiger partial charge on any atom is 0.250 e. The van der Waals surface area contributed by atoms with E-state index < -0.39 is 13.2 Å². The third-order valence-corrected chi connectivity index (χ3v) is 5.69. The van der Waals surface area contributed by atoms with E-state index in [0.717, 1.165) is 0 Å². The van der Waals surface area contributed by atoms with Crippen LogP contribution in [0.4, 0.5) is 5.69 Å². The van der Waals surface area contributed by atoms with E-state index in [4.69, 9.17) is 5.73 Å². The molecule has 0 spiro atoms. The van der Waals surface area contributed by atoms with Crippen molar-refractivity contribution in [2.45, 2.75) is 12.2 Å². The molecule has 7 heteroatoms. The summed E-state index contributed by atoms with van der Waals surface area (Å²) in [7, 11) is -3.73. The molecule has 122 valence electrons. The molecule has 2 aromatic rings. The Hall–Kier alpha value is -1.59. The van der Waals surface area contributed by atoms with Crippen molar-refractivity contribution in [3.8, 4) is 0 Å². The number of thiol groups is 1. The first-order valence-electron chi connectivity index (χ1n) is 7.09. The van der Waals surface area contributed by atoms with Gasteiger partial charge in [0.1, 0.15) is 5.78 Å². The summed E-state index contributed by atoms with van der Waals surface area (Å²) in [5.41, 5.74) is 7.14. The highest BCUT2D eigenvalue weighted by atomic mass is 32.1. The van der Waals surface area contributed by atoms with Crippen LogP contribution in [0.5, 0.6) is 0 Å². The number of hydrogen-bond donors (Lipinski definition) is 4. The summed E-state index contributed by atoms with van der Waals surface area (Å²) < 4.78 is 12.6. The smallest absolute Gasteiger partial charge is 0.250 e. The topological polar surface area (TPSA) is 92.4 Å². The van der Waals surface area contributed by atoms with Gasteiger partial charge in [-0.15, -0.1) is 0 Å². The number of carbonyl (C=O) groups is 1. The fraction of sp³-hybridized carbons (Fsp3) is 0.188. The van der Waals surface area contributed by atoms with Gasteiger partial charge in [-0.25, -0.2) is 0 Å². The molecule has 0 aromatic heterocycles. The summed E-state index contributed by atoms with van der Waals surface area (Å²) in [6, 6.07) is 15.0. The molecular formula is C16H19N2O3PS. The van der Waals surface area contributed by atoms with Gasteiger partial charge in [0.2, 0.25) is 13.3 Å². The van der Waals surface area contributed by atoms with Gasteiger partial charge in [0.25, 0.3) is 0 Å². The Morgan fingerprint density at radius 1 is 1.17 bits per heavy atom. The van der Waals surface area contributed by atoms with Crippen molar-refractivity contribution in [1.29, 1.82) is 0 Å². The molecule has 0 radical (unpaired) electrons. The van der Waals surface area contributed by atoms with E-state index >= 15 is 0 Å². The molecule has 0 aliphatic rings. The Labute approximate surface area is 140 Å². The number of benzene rings is 2. The van der Waals surface area contributed by atoms with Crippen LogP contribution in [0.25, 0.3) is 0 Å². The molecule has 2 atom stereocenters. The van der Waals surface area contributed by atoms with Gasteiger partial charge in [-0.05, 0) is 35.6 Å². The van der Waals surface area contributed by atoms with Gasteiger partial charge >= 0.3 is 0 Å². The molecule has 2 rings (SSSR count). The van der Waals surface area contributed by atoms with E-state index in [1.165, 1.54) is 0 Å². The van der Waals surface area contributed by atoms with Crippen molar-refractivity contribution in [1.82, 2.24) is 0 Å². The van der Waals surface area contributed by atoms with Crippen LogP contribution in [0.15, 0.2) is 54.6 Å². The van der Waals surface area contributed by atoms with Crippen molar-refractivity contribution >= 4 is 36.9 Å². The second-order valence-corrected chi connectivity index (χ2v) is 7.81. The molecule has 0 aliphatic heterocycles. The lowest BCUT2D eigenvalue weighted by atomic mass is 10.2. The summed E-state index contributed by atoms with van der Waals surface area (Å²) in [6.45, 7) is 0. The van der Waals surface area contributed by atoms with Crippen LogP contribution in [-0.2, 0) is 9.36 Å². The van der Waals surface area contributed by atoms with Gasteiger partial charge in [0.05, 0.1) is 0 Å². The average Bonchev–Trinajstić information content (AvgIpc) is 2.56. The standard InChI is InChI=1S/C16H19N2O3PS/c17-16(22(20,21)14-4-2-1-3-5-14)12-6-8-13(9-7-12)18-15(19)10-11-23/h1-9,16,23H,10-11,17H2,(H,18,19)(H,20,21). The summed E-state index contributed by atoms with van der Waals surface area (Å²) in [6.07, 6.45) is 0.324. The molecular weight excluding hydrogens is 331 g/mol. The van der Waals surface area contributed by atoms with Gasteiger partial charge in [0, 0.05) is 17.4 Å². The third-order valence-electron chi connectivity index (χ3n) is 3.38. The number of carbonyl (C=O) groups excluding carboxylic acids is 1. The minimum absolute atomic E-state index is 0.130. The fourth-order valence-electron chi connectivity index (χ4n) is 2.09. The van der Waals surface area contributed by atoms with Gasteiger partial charge in [-0.3, -0.25) is 9.36 Å². The maximum absolute atomic E-state index is 12.6. The summed E-state index contributed by atoms with van der Waals surface area (Å²) >= 11 is 4.00. The molecule has 0 bridgehead atoms. The number of hydrogen-bond acceptors (Lipinski definition) is 4. The van der Waals surface area contributed by atoms with Gasteiger partial charge in [-0.1, -0.05) is 30.3 Å². The van der Waals surface area contributed by atoms with Crippen LogP contribution >= 0.6 is 20.0 Å². The summed E-state index contributed by atoms with van der Waals surface area (Å²) in [5, 5.41) is 3.04. The number of amides is 1. The van der Waals surface area contributed by atoms with Crippen molar-refractivity contribution in [2.24, 2.45) is 5.73 Å². The van der Waals surface area contributed by atoms with Crippen LogP contribution < -0.4 is 16.4 Å². The molecule has 4 N–H and O–H groups in total. The number of rotatable bonds is 6. The predicted molar refractivity (Wildman–Crippen MR) is 96.4 cm³/mol. The quantitative estimate of drug-likeness (QED) is 0.476. The van der Waals surface area contributed by atoms with Crippen molar-refractivity contribution in [3.05, 3.63) is 60.2 Å². The second-order valence-electron chi connectivity index (χ2n) is 5.05. The fourth-order valence-corrected chi connectivity index (χ4v) is 3.79. The molecule has 0 saturated carbocycles. The zero-order valence-electron chi connectivity index (χ0n) is 12.4. The number of nitrogens with one attached hydrogen (secondary N) is 1. The Morgan fingerprint density at radius 2 is 1.78 bits per heavy atom. The molecule has 0 heterocycles. The summed E-state index contributed by atoms with van der Waals surface area (Å²) in [4.78, 5) is 21.9. The predicted octanol–water partition coefficient (Wildman–Crippen LogP) is 2.50. The van der Waals surface area contributed by atoms with E-state index in [-0.39, 0.29) is 5.91 Å². The third kappa shape index (κ3) is 4.45. The molecule has 2 unspecified atom stereocenters. The number of nitrogens with two attached hydrogens (primary N) is 1. The molecule has 1 amide bonds. The first-order valence-corrected chi connectivity index (χ1v) is 9.45. The molecule has 0 aliphatic carbocycles. The molecule has 0 fully saturated rings. The largest absolute Gasteiger partial charge is 0.340 e. The van der Waals surface area contributed by atoms with Crippen LogP contribution in [0.1, 0.15) is 17.8 Å². The zero-order valence-corrected chi connectivity index (χ0v) is 14.2. The van der Waals surface area contributed by atoms with Crippen LogP contribution in [0.2, 0.25) is 0 Å². The lowest BCUT2D eigenvalue weighted by Crippen LogP contribution is -2.18. The second kappa shape index (κ2) is 7.79. The summed E-state index contributed by atoms with van der Waals surface area (Å²) in [5.74, 6) is -0.680. The minimum atomic E-state index is -3.73. The average molecular weight is 350 g/mol. The Balaban J connectivity index is 2.15. The van der Waals surface area contributed by atoms with E-state index in [9.17, 15) is 14.3 Å². The highest BCUT2D eigenvalue weighted by molar-refractivity contribution is 7.80. The van der Waals surface area contributed by atoms with Crippen molar-refractivity contribution in [2.75, 3.05) is 11.1 Å². The molecule has 2 aromatic carbocycles. The van der Waals surface area contributed by atoms with E-state index in [1.807, 2.05) is 0 Å². The zero-order chi connectivity index (χ0) is 16.9. The van der Waals surface area contributed by atoms with Crippen LogP contribution in [0.3, 0.4) is 0 Å². The first kappa shape index (κ1) is 17.8. The molecule has 0 saturated heterocycles. The van der Waals surface area contributed by atoms with Gasteiger partial charge in [-0.2, -0.15) is 12.6 Å². The lowest BCUT2D eigenvalue weighted by Gasteiger charge is -2.20. The van der Waals surface area contributed by atoms with Crippen LogP contribution in [0, 0.1) is 0 Å². The Bertz CT molecular complexity index is 707. The van der Waals surface area contributed by atoms with Gasteiger partial charge in [0.15, 0.2) is 0 Å². The highest BCUT2D eigenvalue weighted by Gasteiger charge is 2.30. The molecule has 5 nitrogen and oxygen atoms in total. The number of anilines is 1. The normalized spacial score (nSPS) is 14.7. The monoisotopic (exact) mass is 350 g/mol. The van der Waals surface area contributed by atoms with E-state index in [2.05, 4.69) is 17.9 Å². The first-order chi connectivity index (χ1) is 10.9. The minimum Gasteiger partial charge on any atom is -0.340 e. The van der Waals surface area contributed by atoms with Crippen LogP contribution in [-0.4, -0.2) is 16.6 Å². The SMILES string of the molecule is NC(c1ccc(NC(=O)CCS)cc1)P(=O)(O)c1ccccc1. The van der Waals surface area contributed by atoms with Crippen molar-refractivity contribution in [3.63, 3.8) is 0 Å². The lowest BCUT2D eigenvalue weighted by molar-refractivity contribution is -0.115.